The van der Waals surface area contributed by atoms with Gasteiger partial charge in [0.15, 0.2) is 0 Å². The number of benzene rings is 1. The van der Waals surface area contributed by atoms with Crippen molar-refractivity contribution in [1.29, 1.82) is 0 Å². The third kappa shape index (κ3) is 4.74. The van der Waals surface area contributed by atoms with E-state index in [1.54, 1.807) is 11.1 Å². The summed E-state index contributed by atoms with van der Waals surface area (Å²) in [4.78, 5) is 21.3. The summed E-state index contributed by atoms with van der Waals surface area (Å²) in [5.74, 6) is 0.767. The van der Waals surface area contributed by atoms with Crippen molar-refractivity contribution in [3.05, 3.63) is 49.3 Å². The largest absolute Gasteiger partial charge is 0.446 e. The number of nitrogens with zero attached hydrogens (tertiary/aromatic N) is 6. The fourth-order valence-electron chi connectivity index (χ4n) is 4.43. The first-order valence-corrected chi connectivity index (χ1v) is 11.9. The van der Waals surface area contributed by atoms with Crippen molar-refractivity contribution in [3.8, 4) is 11.1 Å². The van der Waals surface area contributed by atoms with E-state index in [2.05, 4.69) is 46.3 Å². The van der Waals surface area contributed by atoms with Crippen molar-refractivity contribution < 1.29 is 9.53 Å². The first-order chi connectivity index (χ1) is 16.0. The molecule has 1 saturated carbocycles. The van der Waals surface area contributed by atoms with Crippen LogP contribution in [-0.4, -0.2) is 50.7 Å². The van der Waals surface area contributed by atoms with Gasteiger partial charge in [0.05, 0.1) is 36.5 Å². The molecule has 1 aliphatic carbocycles. The smallest absolute Gasteiger partial charge is 0.414 e. The summed E-state index contributed by atoms with van der Waals surface area (Å²) in [7, 11) is 0. The van der Waals surface area contributed by atoms with Gasteiger partial charge in [-0.05, 0) is 57.2 Å². The maximum absolute atomic E-state index is 13.0. The molecule has 3 heterocycles. The SMILES string of the molecule is CC(C)OC(=O)N1C[C@H](C)N(CC2CC2)c2ccc(-c3cnn(CCn4ccnc4)c3)cc21. The van der Waals surface area contributed by atoms with Gasteiger partial charge >= 0.3 is 6.09 Å². The van der Waals surface area contributed by atoms with Gasteiger partial charge in [0.25, 0.3) is 0 Å². The second kappa shape index (κ2) is 8.92. The zero-order valence-electron chi connectivity index (χ0n) is 19.6. The zero-order valence-corrected chi connectivity index (χ0v) is 19.6. The average molecular weight is 449 g/mol. The van der Waals surface area contributed by atoms with Gasteiger partial charge in [-0.25, -0.2) is 9.78 Å². The number of hydrogen-bond donors (Lipinski definition) is 0. The van der Waals surface area contributed by atoms with Crippen LogP contribution in [0.1, 0.15) is 33.6 Å². The molecule has 8 nitrogen and oxygen atoms in total. The number of carbonyl (C=O) groups is 1. The Morgan fingerprint density at radius 1 is 1.18 bits per heavy atom. The first kappa shape index (κ1) is 21.6. The first-order valence-electron chi connectivity index (χ1n) is 11.9. The number of aromatic nitrogens is 4. The summed E-state index contributed by atoms with van der Waals surface area (Å²) >= 11 is 0. The van der Waals surface area contributed by atoms with E-state index < -0.39 is 0 Å². The number of rotatable bonds is 7. The van der Waals surface area contributed by atoms with Gasteiger partial charge in [-0.3, -0.25) is 9.58 Å². The minimum atomic E-state index is -0.280. The van der Waals surface area contributed by atoms with Crippen molar-refractivity contribution in [2.75, 3.05) is 22.9 Å². The second-order valence-corrected chi connectivity index (χ2v) is 9.48. The number of amides is 1. The van der Waals surface area contributed by atoms with E-state index in [4.69, 9.17) is 4.74 Å². The van der Waals surface area contributed by atoms with Crippen molar-refractivity contribution in [3.63, 3.8) is 0 Å². The quantitative estimate of drug-likeness (QED) is 0.535. The Balaban J connectivity index is 1.42. The van der Waals surface area contributed by atoms with Crippen LogP contribution in [0.25, 0.3) is 11.1 Å². The van der Waals surface area contributed by atoms with Gasteiger partial charge in [0.1, 0.15) is 0 Å². The lowest BCUT2D eigenvalue weighted by molar-refractivity contribution is 0.122. The molecule has 5 rings (SSSR count). The van der Waals surface area contributed by atoms with Crippen LogP contribution in [0.2, 0.25) is 0 Å². The molecule has 0 saturated heterocycles. The molecule has 174 valence electrons. The van der Waals surface area contributed by atoms with Gasteiger partial charge in [0, 0.05) is 49.8 Å². The number of imidazole rings is 1. The Morgan fingerprint density at radius 3 is 2.76 bits per heavy atom. The molecule has 2 aliphatic rings. The minimum Gasteiger partial charge on any atom is -0.446 e. The average Bonchev–Trinajstić information content (AvgIpc) is 3.24. The highest BCUT2D eigenvalue weighted by Gasteiger charge is 2.35. The predicted molar refractivity (Wildman–Crippen MR) is 128 cm³/mol. The highest BCUT2D eigenvalue weighted by atomic mass is 16.6. The van der Waals surface area contributed by atoms with Crippen LogP contribution < -0.4 is 9.80 Å². The lowest BCUT2D eigenvalue weighted by atomic mass is 10.0. The van der Waals surface area contributed by atoms with E-state index in [0.717, 1.165) is 48.1 Å². The maximum atomic E-state index is 13.0. The monoisotopic (exact) mass is 448 g/mol. The van der Waals surface area contributed by atoms with Crippen molar-refractivity contribution in [2.45, 2.75) is 58.8 Å². The molecule has 0 bridgehead atoms. The van der Waals surface area contributed by atoms with E-state index in [1.165, 1.54) is 12.8 Å². The molecule has 1 fully saturated rings. The number of hydrogen-bond acceptors (Lipinski definition) is 5. The Kier molecular flexibility index (Phi) is 5.83. The summed E-state index contributed by atoms with van der Waals surface area (Å²) in [6.45, 7) is 9.22. The van der Waals surface area contributed by atoms with Crippen molar-refractivity contribution in [1.82, 2.24) is 19.3 Å². The molecule has 33 heavy (non-hydrogen) atoms. The number of aryl methyl sites for hydroxylation is 2. The molecule has 8 heteroatoms. The third-order valence-electron chi connectivity index (χ3n) is 6.38. The maximum Gasteiger partial charge on any atom is 0.414 e. The van der Waals surface area contributed by atoms with Gasteiger partial charge in [-0.15, -0.1) is 0 Å². The van der Waals surface area contributed by atoms with E-state index in [-0.39, 0.29) is 18.2 Å². The van der Waals surface area contributed by atoms with Crippen LogP contribution in [0.15, 0.2) is 49.3 Å². The van der Waals surface area contributed by atoms with Gasteiger partial charge in [-0.1, -0.05) is 6.07 Å². The molecule has 0 N–H and O–H groups in total. The molecule has 1 aliphatic heterocycles. The fourth-order valence-corrected chi connectivity index (χ4v) is 4.43. The van der Waals surface area contributed by atoms with Crippen LogP contribution in [0.5, 0.6) is 0 Å². The van der Waals surface area contributed by atoms with Crippen molar-refractivity contribution >= 4 is 17.5 Å². The number of fused-ring (bicyclic) bond motifs is 1. The number of ether oxygens (including phenoxy) is 1. The molecule has 1 aromatic carbocycles. The van der Waals surface area contributed by atoms with Gasteiger partial charge in [0.2, 0.25) is 0 Å². The highest BCUT2D eigenvalue weighted by molar-refractivity contribution is 5.95. The molecular weight excluding hydrogens is 416 g/mol. The topological polar surface area (TPSA) is 68.4 Å². The van der Waals surface area contributed by atoms with Crippen LogP contribution in [-0.2, 0) is 17.8 Å². The highest BCUT2D eigenvalue weighted by Crippen LogP contribution is 2.41. The van der Waals surface area contributed by atoms with E-state index in [9.17, 15) is 4.79 Å². The number of carbonyl (C=O) groups excluding carboxylic acids is 1. The minimum absolute atomic E-state index is 0.155. The summed E-state index contributed by atoms with van der Waals surface area (Å²) in [5, 5.41) is 4.54. The second-order valence-electron chi connectivity index (χ2n) is 9.48. The van der Waals surface area contributed by atoms with E-state index >= 15 is 0 Å². The van der Waals surface area contributed by atoms with Gasteiger partial charge < -0.3 is 14.2 Å². The molecule has 0 spiro atoms. The van der Waals surface area contributed by atoms with E-state index in [0.29, 0.717) is 6.54 Å². The fraction of sp³-hybridized carbons (Fsp3) is 0.480. The predicted octanol–water partition coefficient (Wildman–Crippen LogP) is 4.42. The summed E-state index contributed by atoms with van der Waals surface area (Å²) in [6.07, 6.45) is 11.7. The lowest BCUT2D eigenvalue weighted by Gasteiger charge is -2.42. The number of anilines is 2. The van der Waals surface area contributed by atoms with Gasteiger partial charge in [-0.2, -0.15) is 5.10 Å². The lowest BCUT2D eigenvalue weighted by Crippen LogP contribution is -2.50. The molecule has 0 radical (unpaired) electrons. The third-order valence-corrected chi connectivity index (χ3v) is 6.38. The Bertz CT molecular complexity index is 1100. The molecule has 2 aromatic heterocycles. The Morgan fingerprint density at radius 2 is 2.03 bits per heavy atom. The Hall–Kier alpha value is -3.29. The molecular formula is C25H32N6O2. The molecule has 1 atom stereocenters. The molecule has 1 amide bonds. The standard InChI is InChI=1S/C25H32N6O2/c1-18(2)33-25(32)31-14-19(3)30(15-20-4-5-20)23-7-6-21(12-24(23)31)22-13-27-29(16-22)11-10-28-9-8-26-17-28/h6-9,12-13,16-20H,4-5,10-11,14-15H2,1-3H3/t19-/m0/s1. The summed E-state index contributed by atoms with van der Waals surface area (Å²) in [5.41, 5.74) is 4.11. The van der Waals surface area contributed by atoms with Crippen LogP contribution in [0.3, 0.4) is 0 Å². The Labute approximate surface area is 194 Å². The van der Waals surface area contributed by atoms with E-state index in [1.807, 2.05) is 41.8 Å². The molecule has 0 unspecified atom stereocenters. The zero-order chi connectivity index (χ0) is 22.9. The van der Waals surface area contributed by atoms with Crippen LogP contribution in [0.4, 0.5) is 16.2 Å². The van der Waals surface area contributed by atoms with Crippen LogP contribution in [0, 0.1) is 5.92 Å². The summed E-state index contributed by atoms with van der Waals surface area (Å²) < 4.78 is 9.57. The molecule has 3 aromatic rings. The van der Waals surface area contributed by atoms with Crippen molar-refractivity contribution in [2.24, 2.45) is 5.92 Å². The summed E-state index contributed by atoms with van der Waals surface area (Å²) in [6, 6.07) is 6.65. The normalized spacial score (nSPS) is 18.0. The van der Waals surface area contributed by atoms with Crippen LogP contribution >= 0.6 is 0 Å².